The van der Waals surface area contributed by atoms with E-state index in [2.05, 4.69) is 27.0 Å². The fourth-order valence-corrected chi connectivity index (χ4v) is 3.53. The summed E-state index contributed by atoms with van der Waals surface area (Å²) in [5, 5.41) is 2.70. The van der Waals surface area contributed by atoms with E-state index in [1.165, 1.54) is 11.3 Å². The number of nitrogens with two attached hydrogens (primary N) is 1. The molecule has 3 aromatic rings. The summed E-state index contributed by atoms with van der Waals surface area (Å²) >= 11 is 5.08. The van der Waals surface area contributed by atoms with E-state index in [1.54, 1.807) is 7.11 Å². The molecule has 5 heteroatoms. The molecule has 86 valence electrons. The molecule has 0 amide bonds. The SMILES string of the molecule is COc1c2ccccc2c(Br)c2sc(N)nc12. The van der Waals surface area contributed by atoms with Crippen molar-refractivity contribution in [3.8, 4) is 5.75 Å². The number of aromatic nitrogens is 1. The van der Waals surface area contributed by atoms with Crippen LogP contribution in [0.3, 0.4) is 0 Å². The van der Waals surface area contributed by atoms with Crippen LogP contribution in [0.2, 0.25) is 0 Å². The van der Waals surface area contributed by atoms with Crippen molar-refractivity contribution in [1.29, 1.82) is 0 Å². The molecule has 3 rings (SSSR count). The molecule has 1 heterocycles. The van der Waals surface area contributed by atoms with E-state index in [-0.39, 0.29) is 0 Å². The number of hydrogen-bond donors (Lipinski definition) is 1. The minimum absolute atomic E-state index is 0.550. The fourth-order valence-electron chi connectivity index (χ4n) is 1.97. The number of rotatable bonds is 1. The van der Waals surface area contributed by atoms with Crippen LogP contribution in [0, 0.1) is 0 Å². The molecule has 17 heavy (non-hydrogen) atoms. The third-order valence-electron chi connectivity index (χ3n) is 2.67. The van der Waals surface area contributed by atoms with E-state index in [0.717, 1.165) is 31.2 Å². The van der Waals surface area contributed by atoms with E-state index < -0.39 is 0 Å². The smallest absolute Gasteiger partial charge is 0.181 e. The maximum absolute atomic E-state index is 5.78. The van der Waals surface area contributed by atoms with Gasteiger partial charge in [0.05, 0.1) is 11.8 Å². The molecule has 1 aromatic heterocycles. The predicted molar refractivity (Wildman–Crippen MR) is 75.8 cm³/mol. The van der Waals surface area contributed by atoms with Crippen molar-refractivity contribution in [2.24, 2.45) is 0 Å². The van der Waals surface area contributed by atoms with Gasteiger partial charge in [0, 0.05) is 15.2 Å². The van der Waals surface area contributed by atoms with Gasteiger partial charge in [-0.3, -0.25) is 0 Å². The highest BCUT2D eigenvalue weighted by Crippen LogP contribution is 2.43. The minimum Gasteiger partial charge on any atom is -0.494 e. The Labute approximate surface area is 110 Å². The molecule has 0 spiro atoms. The number of benzene rings is 2. The number of halogens is 1. The summed E-state index contributed by atoms with van der Waals surface area (Å²) in [6.07, 6.45) is 0. The lowest BCUT2D eigenvalue weighted by atomic mass is 10.1. The summed E-state index contributed by atoms with van der Waals surface area (Å²) in [4.78, 5) is 4.34. The number of hydrogen-bond acceptors (Lipinski definition) is 4. The van der Waals surface area contributed by atoms with Gasteiger partial charge in [-0.25, -0.2) is 4.98 Å². The number of fused-ring (bicyclic) bond motifs is 2. The Morgan fingerprint density at radius 1 is 1.29 bits per heavy atom. The average Bonchev–Trinajstić information content (AvgIpc) is 2.72. The molecule has 0 saturated heterocycles. The highest BCUT2D eigenvalue weighted by atomic mass is 79.9. The summed E-state index contributed by atoms with van der Waals surface area (Å²) in [5.41, 5.74) is 6.60. The lowest BCUT2D eigenvalue weighted by Gasteiger charge is -2.08. The van der Waals surface area contributed by atoms with Crippen LogP contribution in [0.15, 0.2) is 28.7 Å². The third kappa shape index (κ3) is 1.50. The van der Waals surface area contributed by atoms with E-state index in [1.807, 2.05) is 18.2 Å². The van der Waals surface area contributed by atoms with Crippen LogP contribution in [-0.2, 0) is 0 Å². The summed E-state index contributed by atoms with van der Waals surface area (Å²) in [6, 6.07) is 8.06. The first-order valence-corrected chi connectivity index (χ1v) is 6.63. The second-order valence-corrected chi connectivity index (χ2v) is 5.45. The normalized spacial score (nSPS) is 11.2. The molecule has 0 aliphatic carbocycles. The highest BCUT2D eigenvalue weighted by molar-refractivity contribution is 9.11. The molecular weight excluding hydrogens is 300 g/mol. The van der Waals surface area contributed by atoms with Crippen molar-refractivity contribution < 1.29 is 4.74 Å². The number of nitrogen functional groups attached to an aromatic ring is 1. The van der Waals surface area contributed by atoms with Crippen LogP contribution in [-0.4, -0.2) is 12.1 Å². The highest BCUT2D eigenvalue weighted by Gasteiger charge is 2.16. The van der Waals surface area contributed by atoms with Crippen LogP contribution in [0.4, 0.5) is 5.13 Å². The van der Waals surface area contributed by atoms with Gasteiger partial charge >= 0.3 is 0 Å². The van der Waals surface area contributed by atoms with E-state index in [0.29, 0.717) is 5.13 Å². The van der Waals surface area contributed by atoms with E-state index in [4.69, 9.17) is 10.5 Å². The molecule has 0 bridgehead atoms. The first-order chi connectivity index (χ1) is 8.22. The van der Waals surface area contributed by atoms with Crippen LogP contribution >= 0.6 is 27.3 Å². The van der Waals surface area contributed by atoms with Gasteiger partial charge < -0.3 is 10.5 Å². The van der Waals surface area contributed by atoms with Gasteiger partial charge in [0.15, 0.2) is 10.9 Å². The standard InChI is InChI=1S/C12H9BrN2OS/c1-16-10-7-5-3-2-4-6(7)8(13)11-9(10)15-12(14)17-11/h2-5H,1H3,(H2,14,15). The Hall–Kier alpha value is -1.33. The topological polar surface area (TPSA) is 48.1 Å². The van der Waals surface area contributed by atoms with Crippen LogP contribution < -0.4 is 10.5 Å². The molecule has 0 fully saturated rings. The van der Waals surface area contributed by atoms with Crippen LogP contribution in [0.1, 0.15) is 0 Å². The maximum atomic E-state index is 5.78. The van der Waals surface area contributed by atoms with Gasteiger partial charge in [0.25, 0.3) is 0 Å². The quantitative estimate of drug-likeness (QED) is 0.744. The second-order valence-electron chi connectivity index (χ2n) is 3.62. The van der Waals surface area contributed by atoms with Gasteiger partial charge in [-0.1, -0.05) is 35.6 Å². The monoisotopic (exact) mass is 308 g/mol. The molecule has 0 aliphatic heterocycles. The van der Waals surface area contributed by atoms with Crippen molar-refractivity contribution in [1.82, 2.24) is 4.98 Å². The van der Waals surface area contributed by atoms with E-state index in [9.17, 15) is 0 Å². The lowest BCUT2D eigenvalue weighted by Crippen LogP contribution is -1.88. The average molecular weight is 309 g/mol. The summed E-state index contributed by atoms with van der Waals surface area (Å²) < 4.78 is 7.53. The van der Waals surface area contributed by atoms with Crippen molar-refractivity contribution in [2.75, 3.05) is 12.8 Å². The Balaban J connectivity index is 2.62. The molecule has 2 N–H and O–H groups in total. The molecule has 0 unspecified atom stereocenters. The molecule has 2 aromatic carbocycles. The molecular formula is C12H9BrN2OS. The third-order valence-corrected chi connectivity index (χ3v) is 4.66. The summed E-state index contributed by atoms with van der Waals surface area (Å²) in [7, 11) is 1.66. The van der Waals surface area contributed by atoms with E-state index >= 15 is 0 Å². The number of anilines is 1. The molecule has 0 radical (unpaired) electrons. The Morgan fingerprint density at radius 3 is 2.71 bits per heavy atom. The van der Waals surface area contributed by atoms with Crippen molar-refractivity contribution in [3.05, 3.63) is 28.7 Å². The summed E-state index contributed by atoms with van der Waals surface area (Å²) in [6.45, 7) is 0. The zero-order valence-corrected chi connectivity index (χ0v) is 11.4. The Kier molecular flexibility index (Phi) is 2.45. The van der Waals surface area contributed by atoms with Gasteiger partial charge in [-0.15, -0.1) is 0 Å². The van der Waals surface area contributed by atoms with Crippen molar-refractivity contribution >= 4 is 53.4 Å². The number of nitrogens with zero attached hydrogens (tertiary/aromatic N) is 1. The largest absolute Gasteiger partial charge is 0.494 e. The maximum Gasteiger partial charge on any atom is 0.181 e. The minimum atomic E-state index is 0.550. The predicted octanol–water partition coefficient (Wildman–Crippen LogP) is 3.80. The summed E-state index contributed by atoms with van der Waals surface area (Å²) in [5.74, 6) is 0.784. The van der Waals surface area contributed by atoms with Gasteiger partial charge in [-0.2, -0.15) is 0 Å². The number of methoxy groups -OCH3 is 1. The van der Waals surface area contributed by atoms with Gasteiger partial charge in [0.1, 0.15) is 5.52 Å². The van der Waals surface area contributed by atoms with Gasteiger partial charge in [-0.05, 0) is 15.9 Å². The molecule has 3 nitrogen and oxygen atoms in total. The Bertz CT molecular complexity index is 723. The second kappa shape index (κ2) is 3.85. The first kappa shape index (κ1) is 10.8. The Morgan fingerprint density at radius 2 is 2.00 bits per heavy atom. The van der Waals surface area contributed by atoms with Crippen molar-refractivity contribution in [3.63, 3.8) is 0 Å². The van der Waals surface area contributed by atoms with Crippen LogP contribution in [0.25, 0.3) is 21.0 Å². The number of ether oxygens (including phenoxy) is 1. The van der Waals surface area contributed by atoms with Crippen molar-refractivity contribution in [2.45, 2.75) is 0 Å². The fraction of sp³-hybridized carbons (Fsp3) is 0.0833. The van der Waals surface area contributed by atoms with Gasteiger partial charge in [0.2, 0.25) is 0 Å². The number of thiazole rings is 1. The first-order valence-electron chi connectivity index (χ1n) is 5.02. The zero-order chi connectivity index (χ0) is 12.0. The molecule has 0 atom stereocenters. The van der Waals surface area contributed by atoms with Crippen LogP contribution in [0.5, 0.6) is 5.75 Å². The lowest BCUT2D eigenvalue weighted by molar-refractivity contribution is 0.424. The molecule has 0 saturated carbocycles. The zero-order valence-electron chi connectivity index (χ0n) is 9.03. The molecule has 0 aliphatic rings.